The molecule has 1 aliphatic carbocycles. The summed E-state index contributed by atoms with van der Waals surface area (Å²) in [6, 6.07) is 0. The van der Waals surface area contributed by atoms with Crippen LogP contribution in [0.5, 0.6) is 0 Å². The second kappa shape index (κ2) is 7.02. The van der Waals surface area contributed by atoms with Crippen molar-refractivity contribution in [2.24, 2.45) is 5.92 Å². The molecule has 1 N–H and O–H groups in total. The van der Waals surface area contributed by atoms with Crippen LogP contribution in [-0.2, 0) is 4.74 Å². The predicted octanol–water partition coefficient (Wildman–Crippen LogP) is 2.36. The molecule has 2 nitrogen and oxygen atoms in total. The summed E-state index contributed by atoms with van der Waals surface area (Å²) in [6.45, 7) is 7.10. The largest absolute Gasteiger partial charge is 0.377 e. The number of nitrogens with one attached hydrogen (secondary N) is 1. The normalized spacial score (nSPS) is 23.7. The first-order chi connectivity index (χ1) is 6.83. The van der Waals surface area contributed by atoms with Crippen molar-refractivity contribution in [3.05, 3.63) is 12.2 Å². The van der Waals surface area contributed by atoms with Crippen molar-refractivity contribution in [3.63, 3.8) is 0 Å². The van der Waals surface area contributed by atoms with Crippen molar-refractivity contribution in [2.45, 2.75) is 39.2 Å². The molecule has 0 spiro atoms. The Morgan fingerprint density at radius 2 is 2.36 bits per heavy atom. The number of allylic oxidation sites excluding steroid dienone is 2. The Morgan fingerprint density at radius 1 is 1.50 bits per heavy atom. The fourth-order valence-electron chi connectivity index (χ4n) is 1.88. The molecule has 0 aromatic heterocycles. The minimum absolute atomic E-state index is 0.346. The molecular weight excluding hydrogens is 174 g/mol. The van der Waals surface area contributed by atoms with Crippen LogP contribution in [0.2, 0.25) is 0 Å². The van der Waals surface area contributed by atoms with Gasteiger partial charge in [-0.25, -0.2) is 0 Å². The number of hydrogen-bond donors (Lipinski definition) is 1. The van der Waals surface area contributed by atoms with Gasteiger partial charge in [0, 0.05) is 13.2 Å². The monoisotopic (exact) mass is 197 g/mol. The summed E-state index contributed by atoms with van der Waals surface area (Å²) in [5.74, 6) is 0.842. The summed E-state index contributed by atoms with van der Waals surface area (Å²) in [4.78, 5) is 0. The summed E-state index contributed by atoms with van der Waals surface area (Å²) >= 11 is 0. The van der Waals surface area contributed by atoms with E-state index in [0.717, 1.165) is 25.6 Å². The Kier molecular flexibility index (Phi) is 5.88. The van der Waals surface area contributed by atoms with Crippen molar-refractivity contribution in [1.82, 2.24) is 5.32 Å². The van der Waals surface area contributed by atoms with Gasteiger partial charge in [0.1, 0.15) is 0 Å². The van der Waals surface area contributed by atoms with E-state index in [2.05, 4.69) is 24.4 Å². The highest BCUT2D eigenvalue weighted by atomic mass is 16.5. The molecule has 2 unspecified atom stereocenters. The van der Waals surface area contributed by atoms with E-state index in [1.54, 1.807) is 0 Å². The lowest BCUT2D eigenvalue weighted by Crippen LogP contribution is -2.31. The van der Waals surface area contributed by atoms with Crippen LogP contribution in [0, 0.1) is 5.92 Å². The van der Waals surface area contributed by atoms with Gasteiger partial charge >= 0.3 is 0 Å². The second-order valence-electron chi connectivity index (χ2n) is 4.07. The average Bonchev–Trinajstić information content (AvgIpc) is 2.20. The van der Waals surface area contributed by atoms with E-state index in [1.165, 1.54) is 19.3 Å². The van der Waals surface area contributed by atoms with E-state index < -0.39 is 0 Å². The molecule has 0 aromatic carbocycles. The van der Waals surface area contributed by atoms with Crippen molar-refractivity contribution in [1.29, 1.82) is 0 Å². The van der Waals surface area contributed by atoms with Crippen molar-refractivity contribution in [3.8, 4) is 0 Å². The summed E-state index contributed by atoms with van der Waals surface area (Å²) in [5.41, 5.74) is 0. The summed E-state index contributed by atoms with van der Waals surface area (Å²) in [6.07, 6.45) is 8.79. The molecular formula is C12H23NO. The topological polar surface area (TPSA) is 21.3 Å². The van der Waals surface area contributed by atoms with Gasteiger partial charge in [-0.2, -0.15) is 0 Å². The lowest BCUT2D eigenvalue weighted by Gasteiger charge is -2.19. The third-order valence-corrected chi connectivity index (χ3v) is 2.69. The van der Waals surface area contributed by atoms with Crippen molar-refractivity contribution in [2.75, 3.05) is 19.7 Å². The van der Waals surface area contributed by atoms with Gasteiger partial charge in [0.05, 0.1) is 6.10 Å². The molecule has 14 heavy (non-hydrogen) atoms. The zero-order valence-electron chi connectivity index (χ0n) is 9.46. The highest BCUT2D eigenvalue weighted by molar-refractivity contribution is 4.90. The Bertz CT molecular complexity index is 168. The van der Waals surface area contributed by atoms with Gasteiger partial charge in [-0.1, -0.05) is 12.2 Å². The van der Waals surface area contributed by atoms with Crippen LogP contribution in [0.25, 0.3) is 0 Å². The van der Waals surface area contributed by atoms with Gasteiger partial charge in [-0.05, 0) is 45.6 Å². The van der Waals surface area contributed by atoms with Gasteiger partial charge < -0.3 is 10.1 Å². The van der Waals surface area contributed by atoms with Crippen molar-refractivity contribution >= 4 is 0 Å². The molecule has 2 atom stereocenters. The highest BCUT2D eigenvalue weighted by Gasteiger charge is 2.09. The van der Waals surface area contributed by atoms with Crippen LogP contribution in [-0.4, -0.2) is 25.8 Å². The molecule has 0 saturated carbocycles. The lowest BCUT2D eigenvalue weighted by atomic mass is 9.94. The van der Waals surface area contributed by atoms with E-state index >= 15 is 0 Å². The molecule has 1 rings (SSSR count). The molecule has 2 heteroatoms. The van der Waals surface area contributed by atoms with Crippen LogP contribution in [0.15, 0.2) is 12.2 Å². The molecule has 0 heterocycles. The second-order valence-corrected chi connectivity index (χ2v) is 4.07. The third-order valence-electron chi connectivity index (χ3n) is 2.69. The quantitative estimate of drug-likeness (QED) is 0.660. The highest BCUT2D eigenvalue weighted by Crippen LogP contribution is 2.16. The maximum atomic E-state index is 5.45. The summed E-state index contributed by atoms with van der Waals surface area (Å²) in [5, 5.41) is 3.48. The molecule has 0 bridgehead atoms. The Hall–Kier alpha value is -0.340. The maximum absolute atomic E-state index is 5.45. The van der Waals surface area contributed by atoms with E-state index in [1.807, 2.05) is 6.92 Å². The number of hydrogen-bond acceptors (Lipinski definition) is 2. The van der Waals surface area contributed by atoms with E-state index in [4.69, 9.17) is 4.74 Å². The van der Waals surface area contributed by atoms with Gasteiger partial charge in [-0.15, -0.1) is 0 Å². The molecule has 0 fully saturated rings. The SMILES string of the molecule is CCOC(C)CNCC1CC=CCC1. The Balaban J connectivity index is 2.00. The van der Waals surface area contributed by atoms with Crippen LogP contribution >= 0.6 is 0 Å². The average molecular weight is 197 g/mol. The van der Waals surface area contributed by atoms with Gasteiger partial charge in [0.2, 0.25) is 0 Å². The van der Waals surface area contributed by atoms with E-state index in [-0.39, 0.29) is 0 Å². The summed E-state index contributed by atoms with van der Waals surface area (Å²) < 4.78 is 5.45. The van der Waals surface area contributed by atoms with Crippen LogP contribution < -0.4 is 5.32 Å². The van der Waals surface area contributed by atoms with Crippen molar-refractivity contribution < 1.29 is 4.74 Å². The molecule has 82 valence electrons. The van der Waals surface area contributed by atoms with E-state index in [0.29, 0.717) is 6.10 Å². The first-order valence-corrected chi connectivity index (χ1v) is 5.80. The molecule has 0 aromatic rings. The molecule has 0 amide bonds. The first kappa shape index (κ1) is 11.7. The Morgan fingerprint density at radius 3 is 3.00 bits per heavy atom. The first-order valence-electron chi connectivity index (χ1n) is 5.80. The van der Waals surface area contributed by atoms with E-state index in [9.17, 15) is 0 Å². The predicted molar refractivity (Wildman–Crippen MR) is 60.4 cm³/mol. The van der Waals surface area contributed by atoms with Crippen LogP contribution in [0.1, 0.15) is 33.1 Å². The van der Waals surface area contributed by atoms with Crippen LogP contribution in [0.3, 0.4) is 0 Å². The van der Waals surface area contributed by atoms with Crippen LogP contribution in [0.4, 0.5) is 0 Å². The Labute approximate surface area is 87.7 Å². The van der Waals surface area contributed by atoms with Gasteiger partial charge in [-0.3, -0.25) is 0 Å². The summed E-state index contributed by atoms with van der Waals surface area (Å²) in [7, 11) is 0. The molecule has 0 aliphatic heterocycles. The fourth-order valence-corrected chi connectivity index (χ4v) is 1.88. The molecule has 0 radical (unpaired) electrons. The third kappa shape index (κ3) is 4.77. The molecule has 0 saturated heterocycles. The number of rotatable bonds is 6. The molecule has 1 aliphatic rings. The zero-order valence-corrected chi connectivity index (χ0v) is 9.46. The van der Waals surface area contributed by atoms with Gasteiger partial charge in [0.25, 0.3) is 0 Å². The number of ether oxygens (including phenoxy) is 1. The fraction of sp³-hybridized carbons (Fsp3) is 0.833. The lowest BCUT2D eigenvalue weighted by molar-refractivity contribution is 0.0753. The minimum atomic E-state index is 0.346. The standard InChI is InChI=1S/C12H23NO/c1-3-14-11(2)9-13-10-12-7-5-4-6-8-12/h4-5,11-13H,3,6-10H2,1-2H3. The maximum Gasteiger partial charge on any atom is 0.0671 e. The van der Waals surface area contributed by atoms with Gasteiger partial charge in [0.15, 0.2) is 0 Å². The smallest absolute Gasteiger partial charge is 0.0671 e. The zero-order chi connectivity index (χ0) is 10.2. The minimum Gasteiger partial charge on any atom is -0.377 e.